The summed E-state index contributed by atoms with van der Waals surface area (Å²) in [5.74, 6) is 6.03. The van der Waals surface area contributed by atoms with Gasteiger partial charge in [0, 0.05) is 0 Å². The van der Waals surface area contributed by atoms with Crippen molar-refractivity contribution in [3.8, 4) is 0 Å². The van der Waals surface area contributed by atoms with Crippen LogP contribution in [0.4, 0.5) is 0 Å². The van der Waals surface area contributed by atoms with E-state index in [1.165, 1.54) is 25.7 Å². The van der Waals surface area contributed by atoms with Gasteiger partial charge in [-0.3, -0.25) is 0 Å². The molecule has 0 rings (SSSR count). The lowest BCUT2D eigenvalue weighted by molar-refractivity contribution is 0.189. The van der Waals surface area contributed by atoms with Gasteiger partial charge in [0.05, 0.1) is 0 Å². The van der Waals surface area contributed by atoms with Gasteiger partial charge in [-0.05, 0) is 60.7 Å². The van der Waals surface area contributed by atoms with Crippen molar-refractivity contribution in [2.45, 2.75) is 88.0 Å². The Balaban J connectivity index is 4.57. The predicted octanol–water partition coefficient (Wildman–Crippen LogP) is 7.04. The zero-order valence-electron chi connectivity index (χ0n) is 15.9. The van der Waals surface area contributed by atoms with E-state index in [2.05, 4.69) is 62.3 Å². The quantitative estimate of drug-likeness (QED) is 0.403. The van der Waals surface area contributed by atoms with Crippen LogP contribution in [0.5, 0.6) is 0 Å². The second kappa shape index (κ2) is 9.85. The van der Waals surface area contributed by atoms with E-state index in [0.717, 1.165) is 41.4 Å². The molecule has 0 aliphatic carbocycles. The monoisotopic (exact) mass is 282 g/mol. The lowest BCUT2D eigenvalue weighted by Gasteiger charge is -2.32. The average molecular weight is 283 g/mol. The SMILES string of the molecule is CC(C)CCC(CC(CC(C)C(C)C)C(C)C)C(C)C. The summed E-state index contributed by atoms with van der Waals surface area (Å²) in [5, 5.41) is 0. The first-order valence-corrected chi connectivity index (χ1v) is 9.15. The molecule has 0 fully saturated rings. The third-order valence-corrected chi connectivity index (χ3v) is 5.42. The molecule has 122 valence electrons. The van der Waals surface area contributed by atoms with Crippen LogP contribution in [0, 0.1) is 41.4 Å². The van der Waals surface area contributed by atoms with Crippen LogP contribution in [0.3, 0.4) is 0 Å². The van der Waals surface area contributed by atoms with E-state index in [-0.39, 0.29) is 0 Å². The Morgan fingerprint density at radius 1 is 0.500 bits per heavy atom. The third kappa shape index (κ3) is 8.32. The first-order chi connectivity index (χ1) is 9.15. The van der Waals surface area contributed by atoms with Crippen molar-refractivity contribution < 1.29 is 0 Å². The summed E-state index contributed by atoms with van der Waals surface area (Å²) in [6.07, 6.45) is 5.68. The molecule has 0 saturated carbocycles. The predicted molar refractivity (Wildman–Crippen MR) is 94.0 cm³/mol. The summed E-state index contributed by atoms with van der Waals surface area (Å²) in [4.78, 5) is 0. The van der Waals surface area contributed by atoms with Crippen LogP contribution in [0.2, 0.25) is 0 Å². The van der Waals surface area contributed by atoms with Crippen LogP contribution in [0.15, 0.2) is 0 Å². The minimum absolute atomic E-state index is 0.824. The maximum atomic E-state index is 2.44. The van der Waals surface area contributed by atoms with Gasteiger partial charge in [0.25, 0.3) is 0 Å². The summed E-state index contributed by atoms with van der Waals surface area (Å²) in [7, 11) is 0. The first kappa shape index (κ1) is 20.0. The zero-order valence-corrected chi connectivity index (χ0v) is 15.9. The average Bonchev–Trinajstić information content (AvgIpc) is 2.31. The zero-order chi connectivity index (χ0) is 15.9. The fourth-order valence-corrected chi connectivity index (χ4v) is 3.05. The summed E-state index contributed by atoms with van der Waals surface area (Å²) < 4.78 is 0. The molecule has 0 saturated heterocycles. The van der Waals surface area contributed by atoms with Gasteiger partial charge in [0.1, 0.15) is 0 Å². The van der Waals surface area contributed by atoms with Gasteiger partial charge < -0.3 is 0 Å². The van der Waals surface area contributed by atoms with Gasteiger partial charge in [-0.15, -0.1) is 0 Å². The van der Waals surface area contributed by atoms with Crippen LogP contribution in [0.1, 0.15) is 88.0 Å². The highest BCUT2D eigenvalue weighted by Crippen LogP contribution is 2.34. The molecule has 0 nitrogen and oxygen atoms in total. The van der Waals surface area contributed by atoms with Crippen LogP contribution in [0.25, 0.3) is 0 Å². The number of hydrogen-bond donors (Lipinski definition) is 0. The minimum Gasteiger partial charge on any atom is -0.0628 e. The molecular formula is C20H42. The van der Waals surface area contributed by atoms with Crippen molar-refractivity contribution in [2.24, 2.45) is 41.4 Å². The Kier molecular flexibility index (Phi) is 9.85. The Morgan fingerprint density at radius 2 is 1.00 bits per heavy atom. The Hall–Kier alpha value is 0. The van der Waals surface area contributed by atoms with E-state index in [9.17, 15) is 0 Å². The van der Waals surface area contributed by atoms with Gasteiger partial charge in [0.15, 0.2) is 0 Å². The molecule has 0 radical (unpaired) electrons. The summed E-state index contributed by atoms with van der Waals surface area (Å²) in [6, 6.07) is 0. The van der Waals surface area contributed by atoms with Crippen molar-refractivity contribution in [1.82, 2.24) is 0 Å². The summed E-state index contributed by atoms with van der Waals surface area (Å²) in [5.41, 5.74) is 0. The van der Waals surface area contributed by atoms with Crippen molar-refractivity contribution in [2.75, 3.05) is 0 Å². The van der Waals surface area contributed by atoms with Gasteiger partial charge >= 0.3 is 0 Å². The van der Waals surface area contributed by atoms with Crippen molar-refractivity contribution in [3.63, 3.8) is 0 Å². The molecule has 0 aromatic rings. The van der Waals surface area contributed by atoms with Gasteiger partial charge in [0.2, 0.25) is 0 Å². The molecule has 0 aromatic heterocycles. The lowest BCUT2D eigenvalue weighted by atomic mass is 9.74. The minimum atomic E-state index is 0.824. The maximum absolute atomic E-state index is 2.44. The van der Waals surface area contributed by atoms with E-state index in [0.29, 0.717) is 0 Å². The van der Waals surface area contributed by atoms with Crippen molar-refractivity contribution in [3.05, 3.63) is 0 Å². The van der Waals surface area contributed by atoms with Crippen LogP contribution in [-0.4, -0.2) is 0 Å². The molecule has 20 heavy (non-hydrogen) atoms. The van der Waals surface area contributed by atoms with Crippen LogP contribution < -0.4 is 0 Å². The van der Waals surface area contributed by atoms with Gasteiger partial charge in [-0.2, -0.15) is 0 Å². The molecule has 0 N–H and O–H groups in total. The number of hydrogen-bond acceptors (Lipinski definition) is 0. The molecule has 0 aliphatic rings. The highest BCUT2D eigenvalue weighted by molar-refractivity contribution is 4.75. The van der Waals surface area contributed by atoms with Crippen molar-refractivity contribution >= 4 is 0 Å². The molecule has 0 spiro atoms. The molecule has 3 atom stereocenters. The fraction of sp³-hybridized carbons (Fsp3) is 1.00. The molecule has 0 bridgehead atoms. The largest absolute Gasteiger partial charge is 0.0628 e. The molecule has 0 aromatic carbocycles. The molecule has 0 heteroatoms. The fourth-order valence-electron chi connectivity index (χ4n) is 3.05. The normalized spacial score (nSPS) is 17.2. The maximum Gasteiger partial charge on any atom is -0.0386 e. The van der Waals surface area contributed by atoms with Crippen LogP contribution in [-0.2, 0) is 0 Å². The van der Waals surface area contributed by atoms with E-state index < -0.39 is 0 Å². The highest BCUT2D eigenvalue weighted by Gasteiger charge is 2.24. The Morgan fingerprint density at radius 3 is 1.35 bits per heavy atom. The molecular weight excluding hydrogens is 240 g/mol. The molecule has 0 aliphatic heterocycles. The smallest absolute Gasteiger partial charge is 0.0386 e. The van der Waals surface area contributed by atoms with Gasteiger partial charge in [-0.1, -0.05) is 68.7 Å². The number of rotatable bonds is 10. The highest BCUT2D eigenvalue weighted by atomic mass is 14.3. The van der Waals surface area contributed by atoms with Crippen LogP contribution >= 0.6 is 0 Å². The topological polar surface area (TPSA) is 0 Å². The standard InChI is InChI=1S/C20H42/c1-14(2)10-11-19(16(5)6)13-20(17(7)8)12-18(9)15(3)4/h14-20H,10-13H2,1-9H3. The second-order valence-electron chi connectivity index (χ2n) is 8.67. The summed E-state index contributed by atoms with van der Waals surface area (Å²) >= 11 is 0. The van der Waals surface area contributed by atoms with Crippen molar-refractivity contribution in [1.29, 1.82) is 0 Å². The summed E-state index contributed by atoms with van der Waals surface area (Å²) in [6.45, 7) is 21.6. The Bertz CT molecular complexity index is 224. The Labute approximate surface area is 130 Å². The van der Waals surface area contributed by atoms with E-state index >= 15 is 0 Å². The third-order valence-electron chi connectivity index (χ3n) is 5.42. The molecule has 0 heterocycles. The molecule has 3 unspecified atom stereocenters. The van der Waals surface area contributed by atoms with E-state index in [1.54, 1.807) is 0 Å². The van der Waals surface area contributed by atoms with E-state index in [1.807, 2.05) is 0 Å². The molecule has 0 amide bonds. The second-order valence-corrected chi connectivity index (χ2v) is 8.67. The first-order valence-electron chi connectivity index (χ1n) is 9.15. The van der Waals surface area contributed by atoms with Gasteiger partial charge in [-0.25, -0.2) is 0 Å². The van der Waals surface area contributed by atoms with E-state index in [4.69, 9.17) is 0 Å². The lowest BCUT2D eigenvalue weighted by Crippen LogP contribution is -2.22.